The van der Waals surface area contributed by atoms with E-state index in [4.69, 9.17) is 44.1 Å². The molecule has 2 saturated heterocycles. The van der Waals surface area contributed by atoms with Gasteiger partial charge in [0.05, 0.1) is 26.3 Å². The summed E-state index contributed by atoms with van der Waals surface area (Å²) in [6.07, 6.45) is -1.18. The first-order valence-corrected chi connectivity index (χ1v) is 12.8. The number of rotatable bonds is 5. The zero-order valence-corrected chi connectivity index (χ0v) is 21.9. The Kier molecular flexibility index (Phi) is 6.31. The van der Waals surface area contributed by atoms with Crippen molar-refractivity contribution in [3.8, 4) is 11.3 Å². The molecule has 0 unspecified atom stereocenters. The monoisotopic (exact) mass is 583 g/mol. The number of carbonyl (C=O) groups is 2. The van der Waals surface area contributed by atoms with Crippen LogP contribution in [0.4, 0.5) is 17.1 Å². The Balaban J connectivity index is 1.43. The number of fused-ring (bicyclic) bond motifs is 1. The molecule has 0 N–H and O–H groups in total. The lowest BCUT2D eigenvalue weighted by Crippen LogP contribution is -2.37. The van der Waals surface area contributed by atoms with E-state index in [1.54, 1.807) is 60.7 Å². The van der Waals surface area contributed by atoms with E-state index in [9.17, 15) is 19.7 Å². The molecule has 0 radical (unpaired) electrons. The largest absolute Gasteiger partial charge is 0.459 e. The molecule has 0 spiro atoms. The van der Waals surface area contributed by atoms with Crippen LogP contribution >= 0.6 is 34.8 Å². The van der Waals surface area contributed by atoms with Gasteiger partial charge < -0.3 is 4.42 Å². The van der Waals surface area contributed by atoms with E-state index < -0.39 is 34.8 Å². The second-order valence-electron chi connectivity index (χ2n) is 8.92. The molecule has 0 aliphatic carbocycles. The number of nitro benzene ring substituents is 1. The predicted molar refractivity (Wildman–Crippen MR) is 145 cm³/mol. The van der Waals surface area contributed by atoms with Crippen LogP contribution in [0.15, 0.2) is 83.3 Å². The highest BCUT2D eigenvalue weighted by Crippen LogP contribution is 2.49. The molecule has 2 aliphatic rings. The maximum absolute atomic E-state index is 13.8. The first-order valence-electron chi connectivity index (χ1n) is 11.6. The van der Waals surface area contributed by atoms with Crippen LogP contribution in [0.2, 0.25) is 15.1 Å². The summed E-state index contributed by atoms with van der Waals surface area (Å²) in [5, 5.41) is 13.9. The Morgan fingerprint density at radius 2 is 1.59 bits per heavy atom. The summed E-state index contributed by atoms with van der Waals surface area (Å²) in [4.78, 5) is 45.2. The zero-order chi connectivity index (χ0) is 27.4. The minimum absolute atomic E-state index is 0.178. The molecule has 12 heteroatoms. The Labute approximate surface area is 236 Å². The normalized spacial score (nSPS) is 20.5. The van der Waals surface area contributed by atoms with Crippen molar-refractivity contribution in [1.29, 1.82) is 0 Å². The molecule has 196 valence electrons. The van der Waals surface area contributed by atoms with Gasteiger partial charge in [-0.25, -0.2) is 9.96 Å². The molecule has 4 aromatic rings. The zero-order valence-electron chi connectivity index (χ0n) is 19.7. The number of amides is 2. The molecule has 3 heterocycles. The third-order valence-corrected chi connectivity index (χ3v) is 7.61. The van der Waals surface area contributed by atoms with Crippen LogP contribution < -0.4 is 9.96 Å². The molecule has 2 amide bonds. The summed E-state index contributed by atoms with van der Waals surface area (Å²) in [6.45, 7) is 0. The van der Waals surface area contributed by atoms with Gasteiger partial charge in [-0.2, -0.15) is 0 Å². The fraction of sp³-hybridized carbons (Fsp3) is 0.111. The number of anilines is 2. The summed E-state index contributed by atoms with van der Waals surface area (Å²) >= 11 is 18.2. The molecule has 39 heavy (non-hydrogen) atoms. The maximum Gasteiger partial charge on any atom is 0.271 e. The van der Waals surface area contributed by atoms with E-state index in [0.29, 0.717) is 37.8 Å². The summed E-state index contributed by atoms with van der Waals surface area (Å²) in [7, 11) is 0. The number of hydrogen-bond acceptors (Lipinski definition) is 7. The van der Waals surface area contributed by atoms with Crippen molar-refractivity contribution in [2.75, 3.05) is 9.96 Å². The van der Waals surface area contributed by atoms with Crippen LogP contribution in [0.3, 0.4) is 0 Å². The molecule has 2 fully saturated rings. The fourth-order valence-corrected chi connectivity index (χ4v) is 5.26. The number of benzene rings is 3. The molecule has 3 atom stereocenters. The lowest BCUT2D eigenvalue weighted by molar-refractivity contribution is -0.384. The van der Waals surface area contributed by atoms with Crippen molar-refractivity contribution in [2.24, 2.45) is 5.92 Å². The second-order valence-corrected chi connectivity index (χ2v) is 10.2. The van der Waals surface area contributed by atoms with E-state index in [2.05, 4.69) is 0 Å². The van der Waals surface area contributed by atoms with Gasteiger partial charge in [0.1, 0.15) is 23.5 Å². The number of carbonyl (C=O) groups excluding carboxylic acids is 2. The van der Waals surface area contributed by atoms with Gasteiger partial charge in [-0.15, -0.1) is 0 Å². The number of non-ortho nitro benzene ring substituents is 1. The fourth-order valence-electron chi connectivity index (χ4n) is 4.83. The molecule has 0 saturated carbocycles. The molecule has 9 nitrogen and oxygen atoms in total. The smallest absolute Gasteiger partial charge is 0.271 e. The number of hydroxylamine groups is 1. The number of hydrogen-bond donors (Lipinski definition) is 0. The molecule has 3 aromatic carbocycles. The first-order chi connectivity index (χ1) is 18.7. The lowest BCUT2D eigenvalue weighted by atomic mass is 9.94. The highest BCUT2D eigenvalue weighted by atomic mass is 35.5. The van der Waals surface area contributed by atoms with E-state index in [-0.39, 0.29) is 11.4 Å². The van der Waals surface area contributed by atoms with Gasteiger partial charge in [0, 0.05) is 22.7 Å². The van der Waals surface area contributed by atoms with Gasteiger partial charge in [0.25, 0.3) is 11.6 Å². The van der Waals surface area contributed by atoms with Crippen LogP contribution in [-0.2, 0) is 14.4 Å². The van der Waals surface area contributed by atoms with Gasteiger partial charge in [0.15, 0.2) is 6.10 Å². The molecule has 2 aliphatic heterocycles. The minimum Gasteiger partial charge on any atom is -0.459 e. The summed E-state index contributed by atoms with van der Waals surface area (Å²) in [5.41, 5.74) is 1.10. The van der Waals surface area contributed by atoms with Crippen LogP contribution in [-0.4, -0.2) is 22.8 Å². The number of furan rings is 1. The van der Waals surface area contributed by atoms with Crippen molar-refractivity contribution in [3.63, 3.8) is 0 Å². The Bertz CT molecular complexity index is 1640. The van der Waals surface area contributed by atoms with Gasteiger partial charge in [-0.1, -0.05) is 40.9 Å². The number of imide groups is 1. The predicted octanol–water partition coefficient (Wildman–Crippen LogP) is 6.87. The quantitative estimate of drug-likeness (QED) is 0.143. The summed E-state index contributed by atoms with van der Waals surface area (Å²) in [6, 6.07) is 19.5. The van der Waals surface area contributed by atoms with E-state index in [0.717, 1.165) is 4.90 Å². The topological polar surface area (TPSA) is 106 Å². The van der Waals surface area contributed by atoms with Crippen molar-refractivity contribution < 1.29 is 23.8 Å². The van der Waals surface area contributed by atoms with Gasteiger partial charge >= 0.3 is 0 Å². The van der Waals surface area contributed by atoms with Crippen LogP contribution in [0, 0.1) is 16.0 Å². The third-order valence-electron chi connectivity index (χ3n) is 6.62. The van der Waals surface area contributed by atoms with Gasteiger partial charge in [-0.3, -0.25) is 24.5 Å². The molecule has 6 rings (SSSR count). The Hall–Kier alpha value is -3.89. The number of nitrogens with zero attached hydrogens (tertiary/aromatic N) is 3. The van der Waals surface area contributed by atoms with Crippen molar-refractivity contribution >= 4 is 63.7 Å². The van der Waals surface area contributed by atoms with Crippen molar-refractivity contribution in [1.82, 2.24) is 0 Å². The second kappa shape index (κ2) is 9.69. The standard InChI is InChI=1S/C27H16Cl3N3O6/c28-15-5-7-16(8-6-15)31-26(34)23-24(22-11-10-21(38-22)14-4-9-19(29)20(30)12-14)32(39-25(23)27(31)35)17-2-1-3-18(13-17)33(36)37/h1-13,23-25H/t23-,24+,25-/m1/s1. The van der Waals surface area contributed by atoms with Gasteiger partial charge in [-0.05, 0) is 60.7 Å². The van der Waals surface area contributed by atoms with E-state index in [1.165, 1.54) is 23.3 Å². The van der Waals surface area contributed by atoms with Crippen LogP contribution in [0.1, 0.15) is 11.8 Å². The molecule has 0 bridgehead atoms. The SMILES string of the molecule is O=C1[C@H]2[C@@H](ON(c3cccc([N+](=O)[O-])c3)[C@H]2c2ccc(-c3ccc(Cl)c(Cl)c3)o2)C(=O)N1c1ccc(Cl)cc1. The van der Waals surface area contributed by atoms with E-state index >= 15 is 0 Å². The van der Waals surface area contributed by atoms with Crippen molar-refractivity contribution in [2.45, 2.75) is 12.1 Å². The Morgan fingerprint density at radius 1 is 0.821 bits per heavy atom. The number of halogens is 3. The highest BCUT2D eigenvalue weighted by Gasteiger charge is 2.61. The van der Waals surface area contributed by atoms with Crippen LogP contribution in [0.25, 0.3) is 11.3 Å². The highest BCUT2D eigenvalue weighted by molar-refractivity contribution is 6.42. The van der Waals surface area contributed by atoms with Crippen LogP contribution in [0.5, 0.6) is 0 Å². The Morgan fingerprint density at radius 3 is 2.31 bits per heavy atom. The average Bonchev–Trinajstić information content (AvgIpc) is 3.62. The van der Waals surface area contributed by atoms with Gasteiger partial charge in [0.2, 0.25) is 5.91 Å². The molecular formula is C27H16Cl3N3O6. The third kappa shape index (κ3) is 4.33. The molecule has 1 aromatic heterocycles. The maximum atomic E-state index is 13.8. The minimum atomic E-state index is -1.18. The lowest BCUT2D eigenvalue weighted by Gasteiger charge is -2.27. The summed E-state index contributed by atoms with van der Waals surface area (Å²) in [5.74, 6) is -1.31. The van der Waals surface area contributed by atoms with E-state index in [1.807, 2.05) is 0 Å². The average molecular weight is 585 g/mol. The summed E-state index contributed by atoms with van der Waals surface area (Å²) < 4.78 is 6.17. The first kappa shape index (κ1) is 25.4. The molecular weight excluding hydrogens is 569 g/mol. The van der Waals surface area contributed by atoms with Crippen molar-refractivity contribution in [3.05, 3.63) is 110 Å². The number of nitro groups is 1.